The maximum atomic E-state index is 11.8. The Hall–Kier alpha value is -2.59. The molecule has 4 rings (SSSR count). The average molecular weight is 377 g/mol. The Balaban J connectivity index is 1.30. The van der Waals surface area contributed by atoms with Crippen molar-refractivity contribution in [2.75, 3.05) is 20.2 Å². The number of fused-ring (bicyclic) bond motifs is 2. The maximum Gasteiger partial charge on any atom is 0.192 e. The van der Waals surface area contributed by atoms with Crippen LogP contribution in [0.25, 0.3) is 11.0 Å². The first-order valence-corrected chi connectivity index (χ1v) is 10.1. The van der Waals surface area contributed by atoms with E-state index in [1.807, 2.05) is 18.2 Å². The second kappa shape index (κ2) is 8.61. The van der Waals surface area contributed by atoms with Crippen molar-refractivity contribution in [3.8, 4) is 5.75 Å². The molecule has 0 fully saturated rings. The molecule has 1 aliphatic rings. The van der Waals surface area contributed by atoms with E-state index in [0.29, 0.717) is 16.9 Å². The number of benzene rings is 2. The lowest BCUT2D eigenvalue weighted by Crippen LogP contribution is -2.22. The normalized spacial score (nSPS) is 16.1. The highest BCUT2D eigenvalue weighted by Crippen LogP contribution is 2.38. The van der Waals surface area contributed by atoms with E-state index in [1.165, 1.54) is 41.9 Å². The first-order valence-electron chi connectivity index (χ1n) is 10.1. The highest BCUT2D eigenvalue weighted by Gasteiger charge is 2.22. The third-order valence-electron chi connectivity index (χ3n) is 5.79. The highest BCUT2D eigenvalue weighted by atomic mass is 16.5. The summed E-state index contributed by atoms with van der Waals surface area (Å²) in [6, 6.07) is 13.8. The van der Waals surface area contributed by atoms with Gasteiger partial charge < -0.3 is 14.5 Å². The van der Waals surface area contributed by atoms with E-state index in [1.54, 1.807) is 7.11 Å². The third-order valence-corrected chi connectivity index (χ3v) is 5.79. The summed E-state index contributed by atoms with van der Waals surface area (Å²) in [5, 5.41) is 4.22. The van der Waals surface area contributed by atoms with Gasteiger partial charge in [0.15, 0.2) is 5.43 Å². The van der Waals surface area contributed by atoms with Gasteiger partial charge in [0.1, 0.15) is 11.3 Å². The molecule has 0 saturated carbocycles. The van der Waals surface area contributed by atoms with Gasteiger partial charge in [0, 0.05) is 6.07 Å². The predicted octanol–water partition coefficient (Wildman–Crippen LogP) is 4.44. The molecule has 0 saturated heterocycles. The van der Waals surface area contributed by atoms with Crippen LogP contribution in [-0.2, 0) is 12.8 Å². The molecule has 4 nitrogen and oxygen atoms in total. The minimum Gasteiger partial charge on any atom is -0.496 e. The van der Waals surface area contributed by atoms with Crippen molar-refractivity contribution in [3.63, 3.8) is 0 Å². The van der Waals surface area contributed by atoms with Crippen molar-refractivity contribution in [1.82, 2.24) is 5.32 Å². The molecule has 3 aromatic rings. The topological polar surface area (TPSA) is 51.5 Å². The Bertz CT molecular complexity index is 1010. The van der Waals surface area contributed by atoms with Crippen molar-refractivity contribution >= 4 is 11.0 Å². The van der Waals surface area contributed by atoms with Gasteiger partial charge >= 0.3 is 0 Å². The fourth-order valence-corrected chi connectivity index (χ4v) is 4.32. The average Bonchev–Trinajstić information content (AvgIpc) is 2.73. The zero-order valence-corrected chi connectivity index (χ0v) is 16.4. The lowest BCUT2D eigenvalue weighted by atomic mass is 9.80. The van der Waals surface area contributed by atoms with Gasteiger partial charge in [-0.1, -0.05) is 18.2 Å². The molecular formula is C24H27NO3. The molecule has 2 aromatic carbocycles. The van der Waals surface area contributed by atoms with Crippen molar-refractivity contribution in [1.29, 1.82) is 0 Å². The standard InChI is InChI=1S/C24H27NO3/c1-27-23-7-3-5-19-18(4-2-6-20(19)23)11-14-25-13-10-17-8-9-21-22(26)12-15-28-24(21)16-17/h3,5,7-9,12,15-16,18,25H,2,4,6,10-11,13-14H2,1H3. The second-order valence-electron chi connectivity index (χ2n) is 7.52. The molecule has 146 valence electrons. The smallest absolute Gasteiger partial charge is 0.192 e. The molecule has 1 aromatic heterocycles. The molecule has 0 spiro atoms. The number of nitrogens with one attached hydrogen (secondary N) is 1. The summed E-state index contributed by atoms with van der Waals surface area (Å²) in [6.07, 6.45) is 7.15. The second-order valence-corrected chi connectivity index (χ2v) is 7.52. The number of ether oxygens (including phenoxy) is 1. The van der Waals surface area contributed by atoms with E-state index in [0.717, 1.165) is 38.1 Å². The van der Waals surface area contributed by atoms with Crippen LogP contribution in [0.4, 0.5) is 0 Å². The van der Waals surface area contributed by atoms with Crippen LogP contribution in [0.3, 0.4) is 0 Å². The maximum absolute atomic E-state index is 11.8. The van der Waals surface area contributed by atoms with Gasteiger partial charge in [0.2, 0.25) is 0 Å². The summed E-state index contributed by atoms with van der Waals surface area (Å²) >= 11 is 0. The van der Waals surface area contributed by atoms with Crippen LogP contribution in [0, 0.1) is 0 Å². The predicted molar refractivity (Wildman–Crippen MR) is 112 cm³/mol. The summed E-state index contributed by atoms with van der Waals surface area (Å²) < 4.78 is 11.0. The molecule has 0 aliphatic heterocycles. The molecule has 1 atom stereocenters. The number of rotatable bonds is 7. The molecule has 0 amide bonds. The summed E-state index contributed by atoms with van der Waals surface area (Å²) in [6.45, 7) is 1.92. The van der Waals surface area contributed by atoms with Gasteiger partial charge in [-0.15, -0.1) is 0 Å². The van der Waals surface area contributed by atoms with Gasteiger partial charge in [0.05, 0.1) is 18.8 Å². The summed E-state index contributed by atoms with van der Waals surface area (Å²) in [5.41, 5.74) is 4.73. The molecule has 1 aliphatic carbocycles. The number of hydrogen-bond donors (Lipinski definition) is 1. The monoisotopic (exact) mass is 377 g/mol. The first kappa shape index (κ1) is 18.8. The van der Waals surface area contributed by atoms with Crippen molar-refractivity contribution in [3.05, 3.63) is 75.6 Å². The van der Waals surface area contributed by atoms with E-state index in [2.05, 4.69) is 23.5 Å². The van der Waals surface area contributed by atoms with Crippen LogP contribution < -0.4 is 15.5 Å². The van der Waals surface area contributed by atoms with Gasteiger partial charge in [-0.3, -0.25) is 4.79 Å². The lowest BCUT2D eigenvalue weighted by Gasteiger charge is -2.27. The largest absolute Gasteiger partial charge is 0.496 e. The quantitative estimate of drug-likeness (QED) is 0.618. The van der Waals surface area contributed by atoms with Crippen LogP contribution in [-0.4, -0.2) is 20.2 Å². The molecule has 4 heteroatoms. The summed E-state index contributed by atoms with van der Waals surface area (Å²) in [4.78, 5) is 11.8. The van der Waals surface area contributed by atoms with Gasteiger partial charge in [-0.25, -0.2) is 0 Å². The fraction of sp³-hybridized carbons (Fsp3) is 0.375. The van der Waals surface area contributed by atoms with E-state index >= 15 is 0 Å². The van der Waals surface area contributed by atoms with Crippen LogP contribution in [0.2, 0.25) is 0 Å². The molecular weight excluding hydrogens is 350 g/mol. The van der Waals surface area contributed by atoms with Crippen molar-refractivity contribution in [2.45, 2.75) is 38.0 Å². The van der Waals surface area contributed by atoms with E-state index < -0.39 is 0 Å². The molecule has 1 unspecified atom stereocenters. The van der Waals surface area contributed by atoms with E-state index in [4.69, 9.17) is 9.15 Å². The zero-order chi connectivity index (χ0) is 19.3. The minimum atomic E-state index is 0.00955. The van der Waals surface area contributed by atoms with Crippen LogP contribution >= 0.6 is 0 Å². The fourth-order valence-electron chi connectivity index (χ4n) is 4.32. The number of methoxy groups -OCH3 is 1. The third kappa shape index (κ3) is 3.97. The van der Waals surface area contributed by atoms with Crippen LogP contribution in [0.5, 0.6) is 5.75 Å². The lowest BCUT2D eigenvalue weighted by molar-refractivity contribution is 0.401. The Labute approximate surface area is 165 Å². The SMILES string of the molecule is COc1cccc2c1CCCC2CCNCCc1ccc2c(=O)ccoc2c1. The van der Waals surface area contributed by atoms with Crippen molar-refractivity contribution < 1.29 is 9.15 Å². The molecule has 0 bridgehead atoms. The Morgan fingerprint density at radius 1 is 1.18 bits per heavy atom. The Morgan fingerprint density at radius 2 is 2.11 bits per heavy atom. The Kier molecular flexibility index (Phi) is 5.77. The van der Waals surface area contributed by atoms with Gasteiger partial charge in [-0.05, 0) is 86.0 Å². The van der Waals surface area contributed by atoms with E-state index in [9.17, 15) is 4.79 Å². The first-order chi connectivity index (χ1) is 13.8. The molecule has 1 heterocycles. The molecule has 28 heavy (non-hydrogen) atoms. The molecule has 0 radical (unpaired) electrons. The minimum absolute atomic E-state index is 0.00955. The van der Waals surface area contributed by atoms with Gasteiger partial charge in [-0.2, -0.15) is 0 Å². The van der Waals surface area contributed by atoms with E-state index in [-0.39, 0.29) is 5.43 Å². The molecule has 1 N–H and O–H groups in total. The highest BCUT2D eigenvalue weighted by molar-refractivity contribution is 5.76. The number of hydrogen-bond acceptors (Lipinski definition) is 4. The summed E-state index contributed by atoms with van der Waals surface area (Å²) in [7, 11) is 1.76. The van der Waals surface area contributed by atoms with Crippen LogP contribution in [0.15, 0.2) is 57.9 Å². The van der Waals surface area contributed by atoms with Gasteiger partial charge in [0.25, 0.3) is 0 Å². The van der Waals surface area contributed by atoms with Crippen molar-refractivity contribution in [2.24, 2.45) is 0 Å². The zero-order valence-electron chi connectivity index (χ0n) is 16.4. The summed E-state index contributed by atoms with van der Waals surface area (Å²) in [5.74, 6) is 1.65. The van der Waals surface area contributed by atoms with Crippen LogP contribution in [0.1, 0.15) is 41.9 Å². The Morgan fingerprint density at radius 3 is 3.00 bits per heavy atom.